The van der Waals surface area contributed by atoms with E-state index < -0.39 is 12.0 Å². The lowest BCUT2D eigenvalue weighted by molar-refractivity contribution is 0.0105. The smallest absolute Gasteiger partial charge is 0.404 e. The lowest BCUT2D eigenvalue weighted by atomic mass is 9.99. The highest BCUT2D eigenvalue weighted by molar-refractivity contribution is 5.64. The van der Waals surface area contributed by atoms with Crippen molar-refractivity contribution >= 4 is 6.09 Å². The number of amides is 1. The summed E-state index contributed by atoms with van der Waals surface area (Å²) in [6.45, 7) is 2.74. The van der Waals surface area contributed by atoms with Gasteiger partial charge in [0, 0.05) is 12.5 Å². The van der Waals surface area contributed by atoms with E-state index in [2.05, 4.69) is 5.32 Å². The Balaban J connectivity index is 2.77. The number of methoxy groups -OCH3 is 2. The predicted molar refractivity (Wildman–Crippen MR) is 96.7 cm³/mol. The van der Waals surface area contributed by atoms with Crippen molar-refractivity contribution < 1.29 is 28.2 Å². The van der Waals surface area contributed by atoms with Gasteiger partial charge in [-0.3, -0.25) is 0 Å². The molecule has 0 fully saturated rings. The molecular weight excluding hydrogens is 344 g/mol. The van der Waals surface area contributed by atoms with Gasteiger partial charge in [-0.15, -0.1) is 0 Å². The van der Waals surface area contributed by atoms with E-state index in [1.165, 1.54) is 0 Å². The number of benzene rings is 1. The quantitative estimate of drug-likeness (QED) is 0.554. The van der Waals surface area contributed by atoms with Crippen LogP contribution in [0, 0.1) is 0 Å². The number of hydrogen-bond donors (Lipinski definition) is 2. The van der Waals surface area contributed by atoms with Gasteiger partial charge in [-0.2, -0.15) is 0 Å². The zero-order valence-corrected chi connectivity index (χ0v) is 15.9. The van der Waals surface area contributed by atoms with Crippen LogP contribution < -0.4 is 14.8 Å². The first-order chi connectivity index (χ1) is 12.2. The highest BCUT2D eigenvalue weighted by Gasteiger charge is 2.20. The lowest BCUT2D eigenvalue weighted by Crippen LogP contribution is -2.31. The van der Waals surface area contributed by atoms with Gasteiger partial charge in [-0.05, 0) is 69.2 Å². The molecule has 7 heteroatoms. The molecule has 1 aromatic rings. The standard InChI is InChI=1S/C19H29F2NO4/c1-13(22-18(23)24)8-9-15-12-16(25-3)14(11-17(15)26-4)7-5-6-10-19(2,20)21/h11-13,22H,5-10H2,1-4H3,(H,23,24). The van der Waals surface area contributed by atoms with Crippen molar-refractivity contribution in [3.8, 4) is 11.5 Å². The van der Waals surface area contributed by atoms with Gasteiger partial charge in [-0.1, -0.05) is 0 Å². The minimum atomic E-state index is -2.63. The largest absolute Gasteiger partial charge is 0.496 e. The Morgan fingerprint density at radius 2 is 1.69 bits per heavy atom. The van der Waals surface area contributed by atoms with Crippen LogP contribution in [0.4, 0.5) is 13.6 Å². The zero-order valence-electron chi connectivity index (χ0n) is 15.9. The molecule has 0 aliphatic heterocycles. The SMILES string of the molecule is COc1cc(CCC(C)NC(=O)O)c(OC)cc1CCCCC(C)(F)F. The second-order valence-electron chi connectivity index (χ2n) is 6.64. The van der Waals surface area contributed by atoms with E-state index in [4.69, 9.17) is 14.6 Å². The fraction of sp³-hybridized carbons (Fsp3) is 0.632. The van der Waals surface area contributed by atoms with Crippen molar-refractivity contribution in [2.24, 2.45) is 0 Å². The maximum Gasteiger partial charge on any atom is 0.404 e. The topological polar surface area (TPSA) is 67.8 Å². The molecule has 2 N–H and O–H groups in total. The molecule has 0 heterocycles. The fourth-order valence-electron chi connectivity index (χ4n) is 2.82. The summed E-state index contributed by atoms with van der Waals surface area (Å²) < 4.78 is 36.7. The van der Waals surface area contributed by atoms with Crippen molar-refractivity contribution in [1.29, 1.82) is 0 Å². The summed E-state index contributed by atoms with van der Waals surface area (Å²) in [6.07, 6.45) is 1.79. The summed E-state index contributed by atoms with van der Waals surface area (Å²) >= 11 is 0. The highest BCUT2D eigenvalue weighted by atomic mass is 19.3. The third-order valence-electron chi connectivity index (χ3n) is 4.21. The van der Waals surface area contributed by atoms with Crippen LogP contribution in [0.3, 0.4) is 0 Å². The number of halogens is 2. The van der Waals surface area contributed by atoms with Gasteiger partial charge in [0.15, 0.2) is 0 Å². The van der Waals surface area contributed by atoms with Crippen molar-refractivity contribution in [3.63, 3.8) is 0 Å². The van der Waals surface area contributed by atoms with Gasteiger partial charge in [0.25, 0.3) is 0 Å². The molecule has 0 bridgehead atoms. The monoisotopic (exact) mass is 373 g/mol. The van der Waals surface area contributed by atoms with E-state index >= 15 is 0 Å². The number of unbranched alkanes of at least 4 members (excludes halogenated alkanes) is 1. The van der Waals surface area contributed by atoms with Crippen LogP contribution in [0.2, 0.25) is 0 Å². The molecule has 1 aromatic carbocycles. The fourth-order valence-corrected chi connectivity index (χ4v) is 2.82. The van der Waals surface area contributed by atoms with Gasteiger partial charge >= 0.3 is 6.09 Å². The summed E-state index contributed by atoms with van der Waals surface area (Å²) in [5.41, 5.74) is 1.84. The molecular formula is C19H29F2NO4. The van der Waals surface area contributed by atoms with Gasteiger partial charge in [0.05, 0.1) is 14.2 Å². The first-order valence-corrected chi connectivity index (χ1v) is 8.77. The molecule has 1 amide bonds. The van der Waals surface area contributed by atoms with Crippen LogP contribution in [0.1, 0.15) is 50.7 Å². The molecule has 0 saturated heterocycles. The number of aryl methyl sites for hydroxylation is 2. The number of rotatable bonds is 11. The Morgan fingerprint density at radius 3 is 2.15 bits per heavy atom. The Morgan fingerprint density at radius 1 is 1.15 bits per heavy atom. The van der Waals surface area contributed by atoms with Crippen molar-refractivity contribution in [1.82, 2.24) is 5.32 Å². The molecule has 0 aromatic heterocycles. The highest BCUT2D eigenvalue weighted by Crippen LogP contribution is 2.31. The van der Waals surface area contributed by atoms with Crippen molar-refractivity contribution in [3.05, 3.63) is 23.3 Å². The number of carboxylic acid groups (broad SMARTS) is 1. The summed E-state index contributed by atoms with van der Waals surface area (Å²) in [4.78, 5) is 10.7. The summed E-state index contributed by atoms with van der Waals surface area (Å²) in [5, 5.41) is 11.2. The van der Waals surface area contributed by atoms with Crippen LogP contribution in [0.5, 0.6) is 11.5 Å². The van der Waals surface area contributed by atoms with Crippen LogP contribution in [0.15, 0.2) is 12.1 Å². The van der Waals surface area contributed by atoms with Crippen LogP contribution in [0.25, 0.3) is 0 Å². The maximum absolute atomic E-state index is 12.9. The van der Waals surface area contributed by atoms with Gasteiger partial charge in [0.1, 0.15) is 11.5 Å². The molecule has 148 valence electrons. The predicted octanol–water partition coefficient (Wildman–Crippen LogP) is 4.66. The molecule has 5 nitrogen and oxygen atoms in total. The number of alkyl halides is 2. The minimum Gasteiger partial charge on any atom is -0.496 e. The third-order valence-corrected chi connectivity index (χ3v) is 4.21. The van der Waals surface area contributed by atoms with Crippen molar-refractivity contribution in [2.45, 2.75) is 64.3 Å². The first kappa shape index (κ1) is 22.0. The minimum absolute atomic E-state index is 0.126. The molecule has 26 heavy (non-hydrogen) atoms. The first-order valence-electron chi connectivity index (χ1n) is 8.77. The average Bonchev–Trinajstić information content (AvgIpc) is 2.55. The Labute approximate surface area is 153 Å². The van der Waals surface area contributed by atoms with Crippen LogP contribution >= 0.6 is 0 Å². The molecule has 0 aliphatic rings. The molecule has 1 atom stereocenters. The molecule has 0 aliphatic carbocycles. The molecule has 0 radical (unpaired) electrons. The van der Waals surface area contributed by atoms with E-state index in [0.717, 1.165) is 18.1 Å². The normalized spacial score (nSPS) is 12.5. The van der Waals surface area contributed by atoms with E-state index in [0.29, 0.717) is 43.6 Å². The van der Waals surface area contributed by atoms with E-state index in [1.54, 1.807) is 21.1 Å². The number of carbonyl (C=O) groups is 1. The molecule has 1 rings (SSSR count). The summed E-state index contributed by atoms with van der Waals surface area (Å²) in [5.74, 6) is -1.24. The summed E-state index contributed by atoms with van der Waals surface area (Å²) in [7, 11) is 3.15. The lowest BCUT2D eigenvalue weighted by Gasteiger charge is -2.17. The maximum atomic E-state index is 12.9. The molecule has 0 saturated carbocycles. The van der Waals surface area contributed by atoms with Gasteiger partial charge in [0.2, 0.25) is 5.92 Å². The van der Waals surface area contributed by atoms with E-state index in [1.807, 2.05) is 12.1 Å². The third kappa shape index (κ3) is 7.89. The van der Waals surface area contributed by atoms with E-state index in [9.17, 15) is 13.6 Å². The van der Waals surface area contributed by atoms with Gasteiger partial charge < -0.3 is 19.9 Å². The average molecular weight is 373 g/mol. The Kier molecular flexibility index (Phi) is 8.61. The Bertz CT molecular complexity index is 588. The number of ether oxygens (including phenoxy) is 2. The summed E-state index contributed by atoms with van der Waals surface area (Å²) in [6, 6.07) is 3.59. The van der Waals surface area contributed by atoms with E-state index in [-0.39, 0.29) is 12.5 Å². The van der Waals surface area contributed by atoms with Crippen LogP contribution in [-0.2, 0) is 12.8 Å². The number of nitrogens with one attached hydrogen (secondary N) is 1. The van der Waals surface area contributed by atoms with Crippen LogP contribution in [-0.4, -0.2) is 37.4 Å². The Hall–Kier alpha value is -2.05. The van der Waals surface area contributed by atoms with Gasteiger partial charge in [-0.25, -0.2) is 13.6 Å². The molecule has 0 spiro atoms. The zero-order chi connectivity index (χ0) is 19.7. The molecule has 1 unspecified atom stereocenters. The second kappa shape index (κ2) is 10.2. The van der Waals surface area contributed by atoms with Crippen molar-refractivity contribution in [2.75, 3.05) is 14.2 Å². The second-order valence-corrected chi connectivity index (χ2v) is 6.64. The number of hydrogen-bond acceptors (Lipinski definition) is 3.